The van der Waals surface area contributed by atoms with Crippen LogP contribution in [0.15, 0.2) is 11.6 Å². The van der Waals surface area contributed by atoms with Crippen molar-refractivity contribution in [3.63, 3.8) is 0 Å². The summed E-state index contributed by atoms with van der Waals surface area (Å²) in [5, 5.41) is 8.38. The van der Waals surface area contributed by atoms with Crippen LogP contribution in [0.3, 0.4) is 0 Å². The largest absolute Gasteiger partial charge is 0.359 e. The van der Waals surface area contributed by atoms with E-state index in [9.17, 15) is 0 Å². The van der Waals surface area contributed by atoms with Gasteiger partial charge in [-0.2, -0.15) is 0 Å². The smallest absolute Gasteiger partial charge is 0.235 e. The first-order valence-corrected chi connectivity index (χ1v) is 2.63. The average Bonchev–Trinajstić information content (AvgIpc) is 1.30. The fourth-order valence-electron chi connectivity index (χ4n) is 0.0758. The first kappa shape index (κ1) is 7.57. The van der Waals surface area contributed by atoms with Crippen LogP contribution in [-0.2, 0) is 0 Å². The lowest BCUT2D eigenvalue weighted by Crippen LogP contribution is -2.03. The summed E-state index contributed by atoms with van der Waals surface area (Å²) in [6.07, 6.45) is 1.04. The summed E-state index contributed by atoms with van der Waals surface area (Å²) in [6, 6.07) is 0. The van der Waals surface area contributed by atoms with E-state index in [0.717, 1.165) is 11.6 Å². The zero-order valence-corrected chi connectivity index (χ0v) is 5.50. The van der Waals surface area contributed by atoms with Crippen LogP contribution in [0.25, 0.3) is 0 Å². The molecule has 0 rings (SSSR count). The van der Waals surface area contributed by atoms with E-state index in [1.807, 2.05) is 0 Å². The molecule has 0 heterocycles. The quantitative estimate of drug-likeness (QED) is 0.582. The molecule has 0 radical (unpaired) electrons. The molecular weight excluding hydrogens is 158 g/mol. The minimum Gasteiger partial charge on any atom is -0.359 e. The van der Waals surface area contributed by atoms with Crippen molar-refractivity contribution in [1.29, 1.82) is 0 Å². The maximum Gasteiger partial charge on any atom is 0.235 e. The van der Waals surface area contributed by atoms with E-state index < -0.39 is 4.52 Å². The fraction of sp³-hybridized carbons (Fsp3) is 0.333. The Hall–Kier alpha value is 0.570. The molecule has 0 unspecified atom stereocenters. The minimum absolute atomic E-state index is 1.04. The van der Waals surface area contributed by atoms with E-state index in [-0.39, 0.29) is 0 Å². The molecule has 0 saturated carbocycles. The second-order valence-corrected chi connectivity index (χ2v) is 2.48. The van der Waals surface area contributed by atoms with Gasteiger partial charge in [-0.25, -0.2) is 0 Å². The van der Waals surface area contributed by atoms with E-state index in [2.05, 4.69) is 0 Å². The molecule has 0 saturated heterocycles. The van der Waals surface area contributed by atoms with Crippen molar-refractivity contribution in [2.24, 2.45) is 0 Å². The van der Waals surface area contributed by atoms with E-state index >= 15 is 0 Å². The van der Waals surface area contributed by atoms with E-state index in [4.69, 9.17) is 39.9 Å². The highest BCUT2D eigenvalue weighted by Crippen LogP contribution is 2.17. The van der Waals surface area contributed by atoms with Crippen LogP contribution in [0.4, 0.5) is 0 Å². The van der Waals surface area contributed by atoms with Gasteiger partial charge in [-0.3, -0.25) is 0 Å². The van der Waals surface area contributed by atoms with Crippen molar-refractivity contribution in [1.82, 2.24) is 0 Å². The maximum atomic E-state index is 8.38. The van der Waals surface area contributed by atoms with E-state index in [0.29, 0.717) is 0 Å². The number of aliphatic hydroxyl groups is 1. The van der Waals surface area contributed by atoms with Gasteiger partial charge in [0.25, 0.3) is 0 Å². The minimum atomic E-state index is -1.82. The summed E-state index contributed by atoms with van der Waals surface area (Å²) in [5.41, 5.74) is 1.04. The monoisotopic (exact) mass is 160 g/mol. The van der Waals surface area contributed by atoms with Gasteiger partial charge in [0.1, 0.15) is 0 Å². The Balaban J connectivity index is 3.56. The van der Waals surface area contributed by atoms with Crippen LogP contribution in [0.2, 0.25) is 0 Å². The van der Waals surface area contributed by atoms with Crippen LogP contribution in [0.5, 0.6) is 0 Å². The lowest BCUT2D eigenvalue weighted by Gasteiger charge is -2.00. The lowest BCUT2D eigenvalue weighted by atomic mass is 10.7. The molecular formula is C3H3Cl3O. The molecule has 0 spiro atoms. The van der Waals surface area contributed by atoms with Gasteiger partial charge in [-0.15, -0.1) is 0 Å². The molecule has 0 bridgehead atoms. The van der Waals surface area contributed by atoms with Gasteiger partial charge in [-0.1, -0.05) is 34.8 Å². The standard InChI is InChI=1S/C3H3Cl3O/c4-2-1-3(5,6)7/h1-2,7H. The molecule has 42 valence electrons. The second kappa shape index (κ2) is 2.78. The van der Waals surface area contributed by atoms with Crippen molar-refractivity contribution in [2.75, 3.05) is 0 Å². The summed E-state index contributed by atoms with van der Waals surface area (Å²) in [6.45, 7) is 0. The zero-order chi connectivity index (χ0) is 5.91. The number of alkyl halides is 2. The molecule has 0 atom stereocenters. The molecule has 0 aromatic rings. The average molecular weight is 161 g/mol. The first-order valence-electron chi connectivity index (χ1n) is 1.44. The maximum absolute atomic E-state index is 8.38. The van der Waals surface area contributed by atoms with Crippen molar-refractivity contribution in [2.45, 2.75) is 4.52 Å². The first-order chi connectivity index (χ1) is 3.06. The number of hydrogen-bond acceptors (Lipinski definition) is 1. The summed E-state index contributed by atoms with van der Waals surface area (Å²) in [5.74, 6) is 0. The predicted molar refractivity (Wildman–Crippen MR) is 31.6 cm³/mol. The van der Waals surface area contributed by atoms with Gasteiger partial charge in [0.2, 0.25) is 4.52 Å². The molecule has 7 heavy (non-hydrogen) atoms. The van der Waals surface area contributed by atoms with E-state index in [1.165, 1.54) is 0 Å². The normalized spacial score (nSPS) is 13.1. The van der Waals surface area contributed by atoms with Crippen LogP contribution in [0, 0.1) is 0 Å². The van der Waals surface area contributed by atoms with Gasteiger partial charge in [-0.05, 0) is 6.08 Å². The molecule has 0 fully saturated rings. The molecule has 1 N–H and O–H groups in total. The zero-order valence-electron chi connectivity index (χ0n) is 3.24. The molecule has 0 aromatic carbocycles. The van der Waals surface area contributed by atoms with Gasteiger partial charge < -0.3 is 5.11 Å². The van der Waals surface area contributed by atoms with Gasteiger partial charge in [0.05, 0.1) is 0 Å². The number of hydrogen-bond donors (Lipinski definition) is 1. The van der Waals surface area contributed by atoms with Crippen molar-refractivity contribution >= 4 is 34.8 Å². The highest BCUT2D eigenvalue weighted by Gasteiger charge is 2.11. The van der Waals surface area contributed by atoms with Gasteiger partial charge in [0.15, 0.2) is 0 Å². The number of halogens is 3. The Morgan fingerprint density at radius 1 is 1.43 bits per heavy atom. The fourth-order valence-corrected chi connectivity index (χ4v) is 0.513. The molecule has 4 heteroatoms. The molecule has 0 aliphatic rings. The summed E-state index contributed by atoms with van der Waals surface area (Å²) >= 11 is 14.9. The highest BCUT2D eigenvalue weighted by atomic mass is 35.5. The topological polar surface area (TPSA) is 20.2 Å². The Morgan fingerprint density at radius 3 is 1.86 bits per heavy atom. The van der Waals surface area contributed by atoms with Crippen LogP contribution in [-0.4, -0.2) is 9.63 Å². The molecule has 0 aliphatic heterocycles. The Morgan fingerprint density at radius 2 is 1.86 bits per heavy atom. The van der Waals surface area contributed by atoms with Crippen LogP contribution in [0.1, 0.15) is 0 Å². The van der Waals surface area contributed by atoms with Gasteiger partial charge in [0, 0.05) is 5.54 Å². The third kappa shape index (κ3) is 6.57. The van der Waals surface area contributed by atoms with Crippen LogP contribution >= 0.6 is 34.8 Å². The van der Waals surface area contributed by atoms with Crippen LogP contribution < -0.4 is 0 Å². The second-order valence-electron chi connectivity index (χ2n) is 0.880. The summed E-state index contributed by atoms with van der Waals surface area (Å²) in [7, 11) is 0. The Bertz CT molecular complexity index is 72.7. The lowest BCUT2D eigenvalue weighted by molar-refractivity contribution is 0.264. The van der Waals surface area contributed by atoms with Gasteiger partial charge >= 0.3 is 0 Å². The molecule has 0 aromatic heterocycles. The van der Waals surface area contributed by atoms with Crippen molar-refractivity contribution in [3.8, 4) is 0 Å². The Labute approximate surface area is 56.5 Å². The van der Waals surface area contributed by atoms with Crippen molar-refractivity contribution in [3.05, 3.63) is 11.6 Å². The number of rotatable bonds is 1. The Kier molecular flexibility index (Phi) is 3.00. The molecule has 0 amide bonds. The van der Waals surface area contributed by atoms with E-state index in [1.54, 1.807) is 0 Å². The molecule has 1 nitrogen and oxygen atoms in total. The summed E-state index contributed by atoms with van der Waals surface area (Å²) < 4.78 is -1.82. The third-order valence-electron chi connectivity index (χ3n) is 0.264. The SMILES string of the molecule is OC(Cl)(Cl)C=CCl. The van der Waals surface area contributed by atoms with Crippen molar-refractivity contribution < 1.29 is 5.11 Å². The highest BCUT2D eigenvalue weighted by molar-refractivity contribution is 6.48. The summed E-state index contributed by atoms with van der Waals surface area (Å²) in [4.78, 5) is 0. The molecule has 0 aliphatic carbocycles. The predicted octanol–water partition coefficient (Wildman–Crippen LogP) is 1.86. The third-order valence-corrected chi connectivity index (χ3v) is 0.641.